The zero-order valence-corrected chi connectivity index (χ0v) is 17.7. The molecule has 0 saturated heterocycles. The van der Waals surface area contributed by atoms with E-state index in [0.717, 1.165) is 6.26 Å². The molecule has 0 unspecified atom stereocenters. The lowest BCUT2D eigenvalue weighted by molar-refractivity contribution is 0.0786. The highest BCUT2D eigenvalue weighted by Gasteiger charge is 2.19. The largest absolute Gasteiger partial charge is 0.337 e. The summed E-state index contributed by atoms with van der Waals surface area (Å²) < 4.78 is 38.4. The summed E-state index contributed by atoms with van der Waals surface area (Å²) >= 11 is 0. The molecule has 4 aromatic rings. The molecule has 7 nitrogen and oxygen atoms in total. The van der Waals surface area contributed by atoms with Gasteiger partial charge in [0.25, 0.3) is 5.91 Å². The van der Waals surface area contributed by atoms with Gasteiger partial charge in [-0.3, -0.25) is 9.78 Å². The summed E-state index contributed by atoms with van der Waals surface area (Å²) in [6, 6.07) is 12.4. The molecular formula is C22H19FN4O3S. The van der Waals surface area contributed by atoms with Crippen LogP contribution >= 0.6 is 0 Å². The van der Waals surface area contributed by atoms with Crippen molar-refractivity contribution in [2.24, 2.45) is 0 Å². The van der Waals surface area contributed by atoms with E-state index >= 15 is 0 Å². The normalized spacial score (nSPS) is 11.6. The molecule has 1 amide bonds. The van der Waals surface area contributed by atoms with Gasteiger partial charge in [0, 0.05) is 31.4 Å². The number of nitrogens with zero attached hydrogens (tertiary/aromatic N) is 4. The molecule has 31 heavy (non-hydrogen) atoms. The van der Waals surface area contributed by atoms with E-state index in [9.17, 15) is 17.6 Å². The van der Waals surface area contributed by atoms with Gasteiger partial charge < -0.3 is 4.90 Å². The van der Waals surface area contributed by atoms with Crippen molar-refractivity contribution in [1.82, 2.24) is 19.7 Å². The van der Waals surface area contributed by atoms with Crippen molar-refractivity contribution in [1.29, 1.82) is 0 Å². The number of sulfone groups is 1. The number of rotatable bonds is 5. The Morgan fingerprint density at radius 2 is 1.84 bits per heavy atom. The lowest BCUT2D eigenvalue weighted by Crippen LogP contribution is -2.26. The summed E-state index contributed by atoms with van der Waals surface area (Å²) in [4.78, 5) is 19.0. The Balaban J connectivity index is 1.64. The van der Waals surface area contributed by atoms with Crippen LogP contribution in [0.3, 0.4) is 0 Å². The number of halogens is 1. The quantitative estimate of drug-likeness (QED) is 0.478. The van der Waals surface area contributed by atoms with Gasteiger partial charge >= 0.3 is 0 Å². The topological polar surface area (TPSA) is 85.2 Å². The summed E-state index contributed by atoms with van der Waals surface area (Å²) in [7, 11) is -1.70. The van der Waals surface area contributed by atoms with Crippen LogP contribution in [0, 0.1) is 5.82 Å². The lowest BCUT2D eigenvalue weighted by Gasteiger charge is -2.18. The predicted octanol–water partition coefficient (Wildman–Crippen LogP) is 3.24. The Hall–Kier alpha value is -3.59. The number of hydrogen-bond donors (Lipinski definition) is 0. The molecule has 2 aromatic carbocycles. The fourth-order valence-corrected chi connectivity index (χ4v) is 4.02. The van der Waals surface area contributed by atoms with Gasteiger partial charge in [0.15, 0.2) is 9.84 Å². The van der Waals surface area contributed by atoms with Crippen LogP contribution in [0.1, 0.15) is 15.9 Å². The van der Waals surface area contributed by atoms with Gasteiger partial charge in [-0.25, -0.2) is 17.5 Å². The van der Waals surface area contributed by atoms with Crippen LogP contribution in [0.25, 0.3) is 16.6 Å². The standard InChI is InChI=1S/C22H19FN4O3S/c1-26(14-15-4-3-5-18(10-15)31(2,29)30)22(28)20-11-24-13-21-19(20)12-25-27(21)17-8-6-16(23)7-9-17/h3-13H,14H2,1-2H3. The highest BCUT2D eigenvalue weighted by molar-refractivity contribution is 7.90. The number of pyridine rings is 1. The van der Waals surface area contributed by atoms with Crippen LogP contribution in [0.4, 0.5) is 4.39 Å². The molecule has 0 saturated carbocycles. The number of aromatic nitrogens is 3. The monoisotopic (exact) mass is 438 g/mol. The molecule has 0 aliphatic heterocycles. The lowest BCUT2D eigenvalue weighted by atomic mass is 10.1. The van der Waals surface area contributed by atoms with Crippen LogP contribution in [-0.4, -0.2) is 47.3 Å². The van der Waals surface area contributed by atoms with Crippen molar-refractivity contribution in [3.8, 4) is 5.69 Å². The van der Waals surface area contributed by atoms with Crippen molar-refractivity contribution in [2.45, 2.75) is 11.4 Å². The fourth-order valence-electron chi connectivity index (χ4n) is 3.33. The predicted molar refractivity (Wildman–Crippen MR) is 114 cm³/mol. The molecule has 0 bridgehead atoms. The minimum absolute atomic E-state index is 0.204. The SMILES string of the molecule is CN(Cc1cccc(S(C)(=O)=O)c1)C(=O)c1cncc2c1cnn2-c1ccc(F)cc1. The number of benzene rings is 2. The molecule has 0 N–H and O–H groups in total. The van der Waals surface area contributed by atoms with E-state index in [1.54, 1.807) is 54.5 Å². The van der Waals surface area contributed by atoms with Crippen molar-refractivity contribution in [3.05, 3.63) is 84.1 Å². The van der Waals surface area contributed by atoms with Crippen LogP contribution in [0.2, 0.25) is 0 Å². The first-order valence-electron chi connectivity index (χ1n) is 9.36. The number of amides is 1. The number of fused-ring (bicyclic) bond motifs is 1. The summed E-state index contributed by atoms with van der Waals surface area (Å²) in [6.07, 6.45) is 5.79. The Bertz CT molecular complexity index is 1380. The van der Waals surface area contributed by atoms with Gasteiger partial charge in [-0.15, -0.1) is 0 Å². The highest BCUT2D eigenvalue weighted by Crippen LogP contribution is 2.22. The Morgan fingerprint density at radius 1 is 1.10 bits per heavy atom. The summed E-state index contributed by atoms with van der Waals surface area (Å²) in [5, 5.41) is 4.95. The van der Waals surface area contributed by atoms with Gasteiger partial charge in [0.05, 0.1) is 34.1 Å². The number of carbonyl (C=O) groups excluding carboxylic acids is 1. The third kappa shape index (κ3) is 4.17. The summed E-state index contributed by atoms with van der Waals surface area (Å²) in [5.41, 5.74) is 2.33. The zero-order chi connectivity index (χ0) is 22.2. The van der Waals surface area contributed by atoms with E-state index in [2.05, 4.69) is 10.1 Å². The van der Waals surface area contributed by atoms with E-state index in [-0.39, 0.29) is 23.2 Å². The fraction of sp³-hybridized carbons (Fsp3) is 0.136. The van der Waals surface area contributed by atoms with Crippen LogP contribution in [-0.2, 0) is 16.4 Å². The van der Waals surface area contributed by atoms with Gasteiger partial charge in [0.2, 0.25) is 0 Å². The van der Waals surface area contributed by atoms with Crippen LogP contribution in [0.5, 0.6) is 0 Å². The molecule has 158 valence electrons. The minimum Gasteiger partial charge on any atom is -0.337 e. The minimum atomic E-state index is -3.34. The molecule has 2 aromatic heterocycles. The second-order valence-corrected chi connectivity index (χ2v) is 9.25. The van der Waals surface area contributed by atoms with Crippen molar-refractivity contribution in [3.63, 3.8) is 0 Å². The first-order chi connectivity index (χ1) is 14.7. The maximum absolute atomic E-state index is 13.2. The Morgan fingerprint density at radius 3 is 2.55 bits per heavy atom. The first-order valence-corrected chi connectivity index (χ1v) is 11.3. The third-order valence-corrected chi connectivity index (χ3v) is 6.00. The van der Waals surface area contributed by atoms with Gasteiger partial charge in [-0.05, 0) is 42.0 Å². The molecule has 0 atom stereocenters. The molecule has 0 radical (unpaired) electrons. The van der Waals surface area contributed by atoms with E-state index in [4.69, 9.17) is 0 Å². The van der Waals surface area contributed by atoms with E-state index in [1.165, 1.54) is 29.3 Å². The van der Waals surface area contributed by atoms with Crippen molar-refractivity contribution < 1.29 is 17.6 Å². The average molecular weight is 438 g/mol. The van der Waals surface area contributed by atoms with Crippen molar-refractivity contribution >= 4 is 26.6 Å². The molecule has 9 heteroatoms. The number of carbonyl (C=O) groups is 1. The maximum atomic E-state index is 13.2. The van der Waals surface area contributed by atoms with E-state index in [0.29, 0.717) is 27.7 Å². The van der Waals surface area contributed by atoms with Crippen LogP contribution in [0.15, 0.2) is 72.0 Å². The number of hydrogen-bond acceptors (Lipinski definition) is 5. The second-order valence-electron chi connectivity index (χ2n) is 7.23. The van der Waals surface area contributed by atoms with Crippen LogP contribution < -0.4 is 0 Å². The molecule has 0 spiro atoms. The maximum Gasteiger partial charge on any atom is 0.256 e. The molecule has 4 rings (SSSR count). The highest BCUT2D eigenvalue weighted by atomic mass is 32.2. The molecule has 0 fully saturated rings. The zero-order valence-electron chi connectivity index (χ0n) is 16.9. The van der Waals surface area contributed by atoms with Crippen molar-refractivity contribution in [2.75, 3.05) is 13.3 Å². The third-order valence-electron chi connectivity index (χ3n) is 4.89. The van der Waals surface area contributed by atoms with Gasteiger partial charge in [-0.2, -0.15) is 5.10 Å². The average Bonchev–Trinajstić information content (AvgIpc) is 3.17. The Labute approximate surface area is 178 Å². The summed E-state index contributed by atoms with van der Waals surface area (Å²) in [5.74, 6) is -0.628. The molecule has 0 aliphatic carbocycles. The van der Waals surface area contributed by atoms with Gasteiger partial charge in [-0.1, -0.05) is 12.1 Å². The van der Waals surface area contributed by atoms with E-state index < -0.39 is 9.84 Å². The second kappa shape index (κ2) is 7.92. The van der Waals surface area contributed by atoms with E-state index in [1.807, 2.05) is 0 Å². The first kappa shape index (κ1) is 20.7. The molecule has 0 aliphatic rings. The Kier molecular flexibility index (Phi) is 5.28. The summed E-state index contributed by atoms with van der Waals surface area (Å²) in [6.45, 7) is 0.227. The molecular weight excluding hydrogens is 419 g/mol. The van der Waals surface area contributed by atoms with Gasteiger partial charge in [0.1, 0.15) is 5.82 Å². The smallest absolute Gasteiger partial charge is 0.256 e. The molecule has 2 heterocycles.